The van der Waals surface area contributed by atoms with Gasteiger partial charge in [0.15, 0.2) is 9.84 Å². The fraction of sp³-hybridized carbons (Fsp3) is 0.294. The maximum Gasteiger partial charge on any atom is 0.227 e. The minimum atomic E-state index is -3.37. The molecule has 6 nitrogen and oxygen atoms in total. The van der Waals surface area contributed by atoms with Gasteiger partial charge in [0.2, 0.25) is 5.91 Å². The number of carbonyl (C=O) groups is 1. The van der Waals surface area contributed by atoms with Crippen LogP contribution in [0.4, 0.5) is 5.69 Å². The number of anilines is 1. The molecule has 1 amide bonds. The molecule has 1 aliphatic carbocycles. The Balaban J connectivity index is 1.82. The van der Waals surface area contributed by atoms with Crippen LogP contribution in [-0.4, -0.2) is 30.4 Å². The molecule has 7 heteroatoms. The SMILES string of the molecule is CS(=O)(=O)c1ccccc1-n1cc(NC(=O)[C@H]2CC=CCC2)cn1. The minimum absolute atomic E-state index is 0.0262. The van der Waals surface area contributed by atoms with Crippen LogP contribution in [0.3, 0.4) is 0 Å². The molecular weight excluding hydrogens is 326 g/mol. The zero-order chi connectivity index (χ0) is 17.2. The van der Waals surface area contributed by atoms with Crippen LogP contribution in [0.2, 0.25) is 0 Å². The molecule has 1 aliphatic rings. The fourth-order valence-electron chi connectivity index (χ4n) is 2.76. The molecule has 0 spiro atoms. The lowest BCUT2D eigenvalue weighted by Crippen LogP contribution is -2.23. The van der Waals surface area contributed by atoms with Gasteiger partial charge in [-0.2, -0.15) is 5.10 Å². The third kappa shape index (κ3) is 3.56. The number of nitrogens with one attached hydrogen (secondary N) is 1. The first-order chi connectivity index (χ1) is 11.4. The predicted molar refractivity (Wildman–Crippen MR) is 91.8 cm³/mol. The summed E-state index contributed by atoms with van der Waals surface area (Å²) in [5.74, 6) is -0.0584. The van der Waals surface area contributed by atoms with E-state index in [0.717, 1.165) is 25.5 Å². The van der Waals surface area contributed by atoms with Crippen LogP contribution in [0.5, 0.6) is 0 Å². The molecule has 1 heterocycles. The quantitative estimate of drug-likeness (QED) is 0.864. The number of allylic oxidation sites excluding steroid dienone is 2. The number of amides is 1. The Hall–Kier alpha value is -2.41. The summed E-state index contributed by atoms with van der Waals surface area (Å²) in [4.78, 5) is 12.5. The Bertz CT molecular complexity index is 884. The molecule has 1 atom stereocenters. The summed E-state index contributed by atoms with van der Waals surface area (Å²) in [6.45, 7) is 0. The normalized spacial score (nSPS) is 17.6. The Morgan fingerprint density at radius 1 is 1.29 bits per heavy atom. The molecular formula is C17H19N3O3S. The van der Waals surface area contributed by atoms with Gasteiger partial charge in [-0.15, -0.1) is 0 Å². The van der Waals surface area contributed by atoms with Crippen molar-refractivity contribution in [1.82, 2.24) is 9.78 Å². The average molecular weight is 345 g/mol. The second kappa shape index (κ2) is 6.60. The van der Waals surface area contributed by atoms with E-state index in [1.807, 2.05) is 6.08 Å². The molecule has 1 aromatic carbocycles. The molecule has 126 valence electrons. The molecule has 0 fully saturated rings. The number of carbonyl (C=O) groups excluding carboxylic acids is 1. The zero-order valence-corrected chi connectivity index (χ0v) is 14.2. The second-order valence-corrected chi connectivity index (χ2v) is 7.87. The molecule has 0 saturated carbocycles. The monoisotopic (exact) mass is 345 g/mol. The van der Waals surface area contributed by atoms with Gasteiger partial charge in [0.1, 0.15) is 0 Å². The second-order valence-electron chi connectivity index (χ2n) is 5.88. The van der Waals surface area contributed by atoms with Crippen LogP contribution in [0, 0.1) is 5.92 Å². The highest BCUT2D eigenvalue weighted by atomic mass is 32.2. The maximum atomic E-state index is 12.3. The number of aromatic nitrogens is 2. The summed E-state index contributed by atoms with van der Waals surface area (Å²) in [7, 11) is -3.37. The first-order valence-electron chi connectivity index (χ1n) is 7.75. The van der Waals surface area contributed by atoms with Crippen LogP contribution in [0.25, 0.3) is 5.69 Å². The largest absolute Gasteiger partial charge is 0.323 e. The van der Waals surface area contributed by atoms with Crippen molar-refractivity contribution in [2.45, 2.75) is 24.2 Å². The summed E-state index contributed by atoms with van der Waals surface area (Å²) in [6, 6.07) is 6.64. The Labute approximate surface area is 141 Å². The molecule has 1 aromatic heterocycles. The molecule has 0 unspecified atom stereocenters. The number of hydrogen-bond acceptors (Lipinski definition) is 4. The first-order valence-corrected chi connectivity index (χ1v) is 9.64. The van der Waals surface area contributed by atoms with Gasteiger partial charge in [0, 0.05) is 12.2 Å². The highest BCUT2D eigenvalue weighted by Crippen LogP contribution is 2.22. The molecule has 3 rings (SSSR count). The number of rotatable bonds is 4. The van der Waals surface area contributed by atoms with E-state index >= 15 is 0 Å². The van der Waals surface area contributed by atoms with Crippen molar-refractivity contribution in [1.29, 1.82) is 0 Å². The van der Waals surface area contributed by atoms with Crippen LogP contribution >= 0.6 is 0 Å². The van der Waals surface area contributed by atoms with Crippen LogP contribution in [0.15, 0.2) is 53.7 Å². The van der Waals surface area contributed by atoms with E-state index in [1.165, 1.54) is 10.9 Å². The van der Waals surface area contributed by atoms with E-state index in [-0.39, 0.29) is 16.7 Å². The summed E-state index contributed by atoms with van der Waals surface area (Å²) in [5.41, 5.74) is 1.01. The topological polar surface area (TPSA) is 81.1 Å². The summed E-state index contributed by atoms with van der Waals surface area (Å²) in [5, 5.41) is 7.04. The predicted octanol–water partition coefficient (Wildman–Crippen LogP) is 2.57. The molecule has 24 heavy (non-hydrogen) atoms. The van der Waals surface area contributed by atoms with Crippen LogP contribution in [0.1, 0.15) is 19.3 Å². The number of sulfone groups is 1. The molecule has 2 aromatic rings. The van der Waals surface area contributed by atoms with Crippen molar-refractivity contribution in [2.75, 3.05) is 11.6 Å². The number of para-hydroxylation sites is 1. The lowest BCUT2D eigenvalue weighted by Gasteiger charge is -2.16. The minimum Gasteiger partial charge on any atom is -0.323 e. The van der Waals surface area contributed by atoms with Crippen molar-refractivity contribution >= 4 is 21.4 Å². The zero-order valence-electron chi connectivity index (χ0n) is 13.3. The molecule has 0 aliphatic heterocycles. The van der Waals surface area contributed by atoms with Gasteiger partial charge >= 0.3 is 0 Å². The van der Waals surface area contributed by atoms with Crippen molar-refractivity contribution < 1.29 is 13.2 Å². The van der Waals surface area contributed by atoms with Crippen molar-refractivity contribution in [3.8, 4) is 5.69 Å². The maximum absolute atomic E-state index is 12.3. The van der Waals surface area contributed by atoms with Gasteiger partial charge in [-0.1, -0.05) is 24.3 Å². The summed E-state index contributed by atoms with van der Waals surface area (Å²) < 4.78 is 25.3. The highest BCUT2D eigenvalue weighted by molar-refractivity contribution is 7.90. The van der Waals surface area contributed by atoms with E-state index in [9.17, 15) is 13.2 Å². The molecule has 0 bridgehead atoms. The number of hydrogen-bond donors (Lipinski definition) is 1. The molecule has 0 radical (unpaired) electrons. The highest BCUT2D eigenvalue weighted by Gasteiger charge is 2.20. The lowest BCUT2D eigenvalue weighted by molar-refractivity contribution is -0.120. The Kier molecular flexibility index (Phi) is 4.53. The Morgan fingerprint density at radius 3 is 2.79 bits per heavy atom. The lowest BCUT2D eigenvalue weighted by atomic mass is 9.94. The average Bonchev–Trinajstić information content (AvgIpc) is 3.03. The Morgan fingerprint density at radius 2 is 2.08 bits per heavy atom. The van der Waals surface area contributed by atoms with Crippen molar-refractivity contribution in [3.05, 3.63) is 48.8 Å². The fourth-order valence-corrected chi connectivity index (χ4v) is 3.62. The van der Waals surface area contributed by atoms with Gasteiger partial charge in [-0.3, -0.25) is 4.79 Å². The first kappa shape index (κ1) is 16.4. The number of benzene rings is 1. The third-order valence-electron chi connectivity index (χ3n) is 4.00. The van der Waals surface area contributed by atoms with E-state index < -0.39 is 9.84 Å². The van der Waals surface area contributed by atoms with E-state index in [2.05, 4.69) is 16.5 Å². The van der Waals surface area contributed by atoms with Gasteiger partial charge in [0.25, 0.3) is 0 Å². The van der Waals surface area contributed by atoms with Gasteiger partial charge in [-0.25, -0.2) is 13.1 Å². The molecule has 0 saturated heterocycles. The van der Waals surface area contributed by atoms with E-state index in [1.54, 1.807) is 30.5 Å². The smallest absolute Gasteiger partial charge is 0.227 e. The molecule has 1 N–H and O–H groups in total. The van der Waals surface area contributed by atoms with E-state index in [4.69, 9.17) is 0 Å². The van der Waals surface area contributed by atoms with Gasteiger partial charge in [0.05, 0.1) is 28.7 Å². The summed E-state index contributed by atoms with van der Waals surface area (Å²) in [6.07, 6.45) is 10.9. The van der Waals surface area contributed by atoms with Crippen LogP contribution < -0.4 is 5.32 Å². The van der Waals surface area contributed by atoms with Crippen molar-refractivity contribution in [3.63, 3.8) is 0 Å². The summed E-state index contributed by atoms with van der Waals surface area (Å²) >= 11 is 0. The van der Waals surface area contributed by atoms with E-state index in [0.29, 0.717) is 11.4 Å². The number of nitrogens with zero attached hydrogens (tertiary/aromatic N) is 2. The van der Waals surface area contributed by atoms with Crippen LogP contribution in [-0.2, 0) is 14.6 Å². The van der Waals surface area contributed by atoms with Crippen molar-refractivity contribution in [2.24, 2.45) is 5.92 Å². The third-order valence-corrected chi connectivity index (χ3v) is 5.15. The van der Waals surface area contributed by atoms with Gasteiger partial charge < -0.3 is 5.32 Å². The van der Waals surface area contributed by atoms with Gasteiger partial charge in [-0.05, 0) is 31.4 Å². The standard InChI is InChI=1S/C17H19N3O3S/c1-24(22,23)16-10-6-5-9-15(16)20-12-14(11-18-20)19-17(21)13-7-3-2-4-8-13/h2-3,5-6,9-13H,4,7-8H2,1H3,(H,19,21)/t13-/m0/s1.